The van der Waals surface area contributed by atoms with Gasteiger partial charge in [-0.2, -0.15) is 0 Å². The number of carbonyl (C=O) groups excluding carboxylic acids is 1. The van der Waals surface area contributed by atoms with Crippen molar-refractivity contribution in [3.8, 4) is 0 Å². The molecule has 1 aliphatic rings. The number of carbonyl (C=O) groups is 1. The van der Waals surface area contributed by atoms with Gasteiger partial charge in [-0.3, -0.25) is 10.2 Å². The molecule has 50 valence electrons. The maximum atomic E-state index is 10.6. The van der Waals surface area contributed by atoms with Crippen molar-refractivity contribution in [2.24, 2.45) is 0 Å². The van der Waals surface area contributed by atoms with E-state index in [1.54, 1.807) is 0 Å². The summed E-state index contributed by atoms with van der Waals surface area (Å²) in [5.74, 6) is -0.382. The molecule has 3 nitrogen and oxygen atoms in total. The van der Waals surface area contributed by atoms with Crippen LogP contribution in [-0.2, 0) is 4.79 Å². The first kappa shape index (κ1) is 6.86. The molecular weight excluding hydrogens is 163 g/mol. The summed E-state index contributed by atoms with van der Waals surface area (Å²) in [6.45, 7) is 0.395. The lowest BCUT2D eigenvalue weighted by Gasteiger charge is -2.12. The zero-order valence-corrected chi connectivity index (χ0v) is 5.88. The van der Waals surface area contributed by atoms with Gasteiger partial charge in [-0.25, -0.2) is 5.43 Å². The summed E-state index contributed by atoms with van der Waals surface area (Å²) < 4.78 is 0. The molecule has 0 aromatic heterocycles. The zero-order valence-electron chi connectivity index (χ0n) is 4.37. The van der Waals surface area contributed by atoms with Crippen LogP contribution in [0.5, 0.6) is 0 Å². The molecule has 1 aliphatic heterocycles. The normalized spacial score (nSPS) is 20.0. The quantitative estimate of drug-likeness (QED) is 0.545. The van der Waals surface area contributed by atoms with Gasteiger partial charge in [0.05, 0.1) is 11.6 Å². The minimum Gasteiger partial charge on any atom is -0.286 e. The van der Waals surface area contributed by atoms with Crippen molar-refractivity contribution in [2.75, 3.05) is 6.54 Å². The first-order valence-corrected chi connectivity index (χ1v) is 3.05. The summed E-state index contributed by atoms with van der Waals surface area (Å²) in [7, 11) is 0. The maximum absolute atomic E-state index is 10.6. The average Bonchev–Trinajstić information content (AvgIpc) is 1.83. The Morgan fingerprint density at radius 2 is 2.11 bits per heavy atom. The number of rotatable bonds is 0. The molecule has 0 unspecified atom stereocenters. The van der Waals surface area contributed by atoms with Crippen LogP contribution in [0.25, 0.3) is 0 Å². The van der Waals surface area contributed by atoms with Crippen LogP contribution in [0.1, 0.15) is 0 Å². The van der Waals surface area contributed by atoms with E-state index >= 15 is 0 Å². The second-order valence-corrected chi connectivity index (χ2v) is 2.36. The van der Waals surface area contributed by atoms with Crippen LogP contribution in [0.2, 0.25) is 0 Å². The molecule has 2 N–H and O–H groups in total. The van der Waals surface area contributed by atoms with Crippen LogP contribution in [0.15, 0.2) is 10.1 Å². The number of nitrogens with one attached hydrogen (secondary N) is 2. The van der Waals surface area contributed by atoms with Crippen molar-refractivity contribution in [3.05, 3.63) is 10.1 Å². The predicted molar refractivity (Wildman–Crippen MR) is 34.9 cm³/mol. The van der Waals surface area contributed by atoms with Crippen molar-refractivity contribution in [3.63, 3.8) is 0 Å². The van der Waals surface area contributed by atoms with Crippen LogP contribution in [-0.4, -0.2) is 12.5 Å². The number of hydrogen-bond acceptors (Lipinski definition) is 2. The Kier molecular flexibility index (Phi) is 1.95. The first-order chi connectivity index (χ1) is 4.22. The Bertz CT molecular complexity index is 177. The van der Waals surface area contributed by atoms with Crippen molar-refractivity contribution in [1.29, 1.82) is 0 Å². The summed E-state index contributed by atoms with van der Waals surface area (Å²) in [5.41, 5.74) is 4.84. The Morgan fingerprint density at radius 1 is 1.44 bits per heavy atom. The van der Waals surface area contributed by atoms with E-state index < -0.39 is 0 Å². The summed E-state index contributed by atoms with van der Waals surface area (Å²) in [4.78, 5) is 10.6. The van der Waals surface area contributed by atoms with E-state index in [9.17, 15) is 4.79 Å². The van der Waals surface area contributed by atoms with Crippen molar-refractivity contribution in [1.82, 2.24) is 10.9 Å². The van der Waals surface area contributed by atoms with Crippen LogP contribution >= 0.6 is 23.2 Å². The van der Waals surface area contributed by atoms with E-state index in [1.165, 1.54) is 0 Å². The molecule has 9 heavy (non-hydrogen) atoms. The lowest BCUT2D eigenvalue weighted by Crippen LogP contribution is -2.42. The van der Waals surface area contributed by atoms with E-state index in [4.69, 9.17) is 23.2 Å². The van der Waals surface area contributed by atoms with Gasteiger partial charge in [-0.05, 0) is 0 Å². The summed E-state index contributed by atoms with van der Waals surface area (Å²) in [5, 5.41) is 0.413. The van der Waals surface area contributed by atoms with Crippen molar-refractivity contribution in [2.45, 2.75) is 0 Å². The lowest BCUT2D eigenvalue weighted by molar-refractivity contribution is -0.118. The molecule has 0 radical (unpaired) electrons. The van der Waals surface area contributed by atoms with Gasteiger partial charge < -0.3 is 0 Å². The Hall–Kier alpha value is -0.250. The summed E-state index contributed by atoms with van der Waals surface area (Å²) in [6, 6.07) is 0. The van der Waals surface area contributed by atoms with Gasteiger partial charge in [0.1, 0.15) is 5.03 Å². The highest BCUT2D eigenvalue weighted by Gasteiger charge is 2.15. The van der Waals surface area contributed by atoms with Crippen LogP contribution in [0.4, 0.5) is 0 Å². The third-order valence-corrected chi connectivity index (χ3v) is 1.70. The number of halogens is 2. The molecule has 0 atom stereocenters. The average molecular weight is 167 g/mol. The van der Waals surface area contributed by atoms with E-state index in [0.29, 0.717) is 11.6 Å². The van der Waals surface area contributed by atoms with Gasteiger partial charge in [-0.1, -0.05) is 23.2 Å². The molecule has 0 fully saturated rings. The maximum Gasteiger partial charge on any atom is 0.278 e. The minimum absolute atomic E-state index is 0.0652. The molecule has 1 amide bonds. The Morgan fingerprint density at radius 3 is 2.56 bits per heavy atom. The molecule has 0 aromatic rings. The van der Waals surface area contributed by atoms with Gasteiger partial charge in [0, 0.05) is 0 Å². The Labute approximate surface area is 62.0 Å². The van der Waals surface area contributed by atoms with Gasteiger partial charge in [-0.15, -0.1) is 0 Å². The molecule has 0 aliphatic carbocycles. The number of amides is 1. The molecule has 0 saturated heterocycles. The highest BCUT2D eigenvalue weighted by atomic mass is 35.5. The second kappa shape index (κ2) is 2.56. The van der Waals surface area contributed by atoms with Crippen LogP contribution in [0, 0.1) is 0 Å². The molecule has 0 bridgehead atoms. The van der Waals surface area contributed by atoms with Crippen molar-refractivity contribution >= 4 is 29.1 Å². The fourth-order valence-corrected chi connectivity index (χ4v) is 0.724. The molecule has 0 aromatic carbocycles. The zero-order chi connectivity index (χ0) is 6.85. The molecular formula is C4H4Cl2N2O. The fraction of sp³-hybridized carbons (Fsp3) is 0.250. The standard InChI is InChI=1S/C4H4Cl2N2O/c5-2-1-7-8-4(9)3(2)6/h7H,1H2,(H,8,9). The second-order valence-electron chi connectivity index (χ2n) is 1.53. The summed E-state index contributed by atoms with van der Waals surface area (Å²) >= 11 is 10.9. The molecule has 0 spiro atoms. The fourth-order valence-electron chi connectivity index (χ4n) is 0.458. The molecule has 1 rings (SSSR count). The van der Waals surface area contributed by atoms with Crippen molar-refractivity contribution < 1.29 is 4.79 Å². The Balaban J connectivity index is 2.84. The van der Waals surface area contributed by atoms with E-state index in [1.807, 2.05) is 0 Å². The molecule has 5 heteroatoms. The molecule has 1 heterocycles. The van der Waals surface area contributed by atoms with E-state index in [0.717, 1.165) is 0 Å². The number of hydrazine groups is 1. The van der Waals surface area contributed by atoms with Crippen LogP contribution < -0.4 is 10.9 Å². The number of hydrogen-bond donors (Lipinski definition) is 2. The minimum atomic E-state index is -0.382. The van der Waals surface area contributed by atoms with Gasteiger partial charge in [0.15, 0.2) is 0 Å². The predicted octanol–water partition coefficient (Wildman–Crippen LogP) is 0.310. The van der Waals surface area contributed by atoms with Gasteiger partial charge in [0.2, 0.25) is 0 Å². The highest BCUT2D eigenvalue weighted by molar-refractivity contribution is 6.48. The monoisotopic (exact) mass is 166 g/mol. The largest absolute Gasteiger partial charge is 0.286 e. The van der Waals surface area contributed by atoms with E-state index in [2.05, 4.69) is 10.9 Å². The topological polar surface area (TPSA) is 41.1 Å². The van der Waals surface area contributed by atoms with Gasteiger partial charge in [0.25, 0.3) is 5.91 Å². The van der Waals surface area contributed by atoms with Crippen LogP contribution in [0.3, 0.4) is 0 Å². The van der Waals surface area contributed by atoms with Gasteiger partial charge >= 0.3 is 0 Å². The summed E-state index contributed by atoms with van der Waals surface area (Å²) in [6.07, 6.45) is 0. The lowest BCUT2D eigenvalue weighted by atomic mass is 10.4. The first-order valence-electron chi connectivity index (χ1n) is 2.29. The smallest absolute Gasteiger partial charge is 0.278 e. The highest BCUT2D eigenvalue weighted by Crippen LogP contribution is 2.14. The molecule has 0 saturated carbocycles. The third kappa shape index (κ3) is 1.36. The van der Waals surface area contributed by atoms with E-state index in [-0.39, 0.29) is 10.9 Å². The SMILES string of the molecule is O=C1NNCC(Cl)=C1Cl. The third-order valence-electron chi connectivity index (χ3n) is 0.883.